The number of hydrogen-bond donors (Lipinski definition) is 0. The van der Waals surface area contributed by atoms with E-state index in [-0.39, 0.29) is 18.0 Å². The molecule has 6 heteroatoms. The van der Waals surface area contributed by atoms with Crippen molar-refractivity contribution in [1.82, 2.24) is 14.7 Å². The highest BCUT2D eigenvalue weighted by molar-refractivity contribution is 6.07. The number of nitrogens with zero attached hydrogens (tertiary/aromatic N) is 4. The van der Waals surface area contributed by atoms with Crippen LogP contribution in [0.15, 0.2) is 54.6 Å². The SMILES string of the molecule is CCN1C(=O)N(C2CCC(c3ccccc3)CC2)C(=O)C12CCN(Cc1ccc(N3CCCC3)cc1)CC2. The third-order valence-corrected chi connectivity index (χ3v) is 9.72. The molecule has 0 aromatic heterocycles. The van der Waals surface area contributed by atoms with E-state index >= 15 is 0 Å². The number of anilines is 1. The standard InChI is InChI=1S/C32H42N4O2/c1-2-35-31(38)36(29-16-12-27(13-17-29)26-8-4-3-5-9-26)30(37)32(35)18-22-33(23-19-32)24-25-10-14-28(15-11-25)34-20-6-7-21-34/h3-5,8-11,14-15,27,29H,2,6-7,12-13,16-24H2,1H3. The van der Waals surface area contributed by atoms with Gasteiger partial charge in [0.2, 0.25) is 0 Å². The van der Waals surface area contributed by atoms with Gasteiger partial charge in [0.05, 0.1) is 0 Å². The zero-order valence-corrected chi connectivity index (χ0v) is 22.9. The first kappa shape index (κ1) is 25.4. The highest BCUT2D eigenvalue weighted by Crippen LogP contribution is 2.42. The summed E-state index contributed by atoms with van der Waals surface area (Å²) in [4.78, 5) is 36.1. The van der Waals surface area contributed by atoms with Gasteiger partial charge in [-0.3, -0.25) is 14.6 Å². The minimum Gasteiger partial charge on any atom is -0.372 e. The summed E-state index contributed by atoms with van der Waals surface area (Å²) in [5.74, 6) is 0.603. The van der Waals surface area contributed by atoms with Crippen LogP contribution >= 0.6 is 0 Å². The van der Waals surface area contributed by atoms with Crippen molar-refractivity contribution in [2.75, 3.05) is 37.6 Å². The van der Waals surface area contributed by atoms with E-state index < -0.39 is 5.54 Å². The highest BCUT2D eigenvalue weighted by Gasteiger charge is 2.58. The molecule has 0 radical (unpaired) electrons. The van der Waals surface area contributed by atoms with Crippen molar-refractivity contribution in [3.63, 3.8) is 0 Å². The summed E-state index contributed by atoms with van der Waals surface area (Å²) in [6.45, 7) is 7.54. The van der Waals surface area contributed by atoms with Crippen LogP contribution in [0.5, 0.6) is 0 Å². The lowest BCUT2D eigenvalue weighted by Crippen LogP contribution is -2.56. The average molecular weight is 515 g/mol. The fraction of sp³-hybridized carbons (Fsp3) is 0.562. The Balaban J connectivity index is 1.08. The number of urea groups is 1. The molecule has 4 aliphatic rings. The summed E-state index contributed by atoms with van der Waals surface area (Å²) in [6, 6.07) is 19.7. The van der Waals surface area contributed by atoms with Crippen LogP contribution in [0.25, 0.3) is 0 Å². The van der Waals surface area contributed by atoms with Crippen LogP contribution in [-0.4, -0.2) is 70.9 Å². The fourth-order valence-electron chi connectivity index (χ4n) is 7.50. The quantitative estimate of drug-likeness (QED) is 0.469. The van der Waals surface area contributed by atoms with Gasteiger partial charge in [-0.1, -0.05) is 42.5 Å². The van der Waals surface area contributed by atoms with Gasteiger partial charge >= 0.3 is 6.03 Å². The Labute approximate surface area is 227 Å². The van der Waals surface area contributed by atoms with Gasteiger partial charge in [0.25, 0.3) is 5.91 Å². The maximum absolute atomic E-state index is 14.0. The normalized spacial score (nSPS) is 26.1. The molecule has 38 heavy (non-hydrogen) atoms. The Bertz CT molecular complexity index is 1110. The molecule has 3 heterocycles. The van der Waals surface area contributed by atoms with Crippen LogP contribution in [0.4, 0.5) is 10.5 Å². The summed E-state index contributed by atoms with van der Waals surface area (Å²) in [6.07, 6.45) is 7.93. The molecule has 4 fully saturated rings. The molecule has 0 N–H and O–H groups in total. The number of imide groups is 1. The molecule has 6 rings (SSSR count). The molecule has 0 bridgehead atoms. The smallest absolute Gasteiger partial charge is 0.327 e. The lowest BCUT2D eigenvalue weighted by Gasteiger charge is -2.42. The Morgan fingerprint density at radius 2 is 1.47 bits per heavy atom. The highest BCUT2D eigenvalue weighted by atomic mass is 16.2. The maximum Gasteiger partial charge on any atom is 0.327 e. The van der Waals surface area contributed by atoms with Gasteiger partial charge in [-0.2, -0.15) is 0 Å². The molecular formula is C32H42N4O2. The summed E-state index contributed by atoms with van der Waals surface area (Å²) in [7, 11) is 0. The zero-order chi connectivity index (χ0) is 26.1. The number of hydrogen-bond acceptors (Lipinski definition) is 4. The summed E-state index contributed by atoms with van der Waals surface area (Å²) >= 11 is 0. The molecule has 1 saturated carbocycles. The average Bonchev–Trinajstić information content (AvgIpc) is 3.57. The predicted octanol–water partition coefficient (Wildman–Crippen LogP) is 5.63. The lowest BCUT2D eigenvalue weighted by molar-refractivity contribution is -0.137. The van der Waals surface area contributed by atoms with E-state index in [1.807, 2.05) is 11.8 Å². The molecule has 202 valence electrons. The van der Waals surface area contributed by atoms with Gasteiger partial charge in [0, 0.05) is 51.0 Å². The second kappa shape index (κ2) is 10.7. The predicted molar refractivity (Wildman–Crippen MR) is 151 cm³/mol. The number of piperidine rings is 1. The molecule has 1 spiro atoms. The molecule has 3 amide bonds. The molecular weight excluding hydrogens is 472 g/mol. The third-order valence-electron chi connectivity index (χ3n) is 9.72. The van der Waals surface area contributed by atoms with Crippen LogP contribution in [0.2, 0.25) is 0 Å². The van der Waals surface area contributed by atoms with E-state index in [9.17, 15) is 9.59 Å². The Morgan fingerprint density at radius 1 is 0.816 bits per heavy atom. The number of likely N-dealkylation sites (tertiary alicyclic amines) is 1. The first-order valence-corrected chi connectivity index (χ1v) is 14.9. The van der Waals surface area contributed by atoms with Gasteiger partial charge in [-0.15, -0.1) is 0 Å². The van der Waals surface area contributed by atoms with Gasteiger partial charge in [0.1, 0.15) is 5.54 Å². The minimum atomic E-state index is -0.655. The number of rotatable bonds is 6. The Kier molecular flexibility index (Phi) is 7.17. The van der Waals surface area contributed by atoms with E-state index in [0.29, 0.717) is 12.5 Å². The van der Waals surface area contributed by atoms with E-state index in [2.05, 4.69) is 64.4 Å². The van der Waals surface area contributed by atoms with Gasteiger partial charge < -0.3 is 9.80 Å². The number of benzene rings is 2. The fourth-order valence-corrected chi connectivity index (χ4v) is 7.50. The van der Waals surface area contributed by atoms with Gasteiger partial charge in [-0.05, 0) is 87.5 Å². The van der Waals surface area contributed by atoms with Crippen LogP contribution in [-0.2, 0) is 11.3 Å². The van der Waals surface area contributed by atoms with E-state index in [0.717, 1.165) is 58.2 Å². The van der Waals surface area contributed by atoms with E-state index in [4.69, 9.17) is 0 Å². The van der Waals surface area contributed by atoms with Crippen LogP contribution < -0.4 is 4.90 Å². The van der Waals surface area contributed by atoms with Crippen LogP contribution in [0.1, 0.15) is 75.3 Å². The van der Waals surface area contributed by atoms with Crippen LogP contribution in [0, 0.1) is 0 Å². The van der Waals surface area contributed by atoms with Crippen molar-refractivity contribution >= 4 is 17.6 Å². The lowest BCUT2D eigenvalue weighted by atomic mass is 9.80. The molecule has 2 aromatic carbocycles. The number of carbonyl (C=O) groups is 2. The van der Waals surface area contributed by atoms with Crippen molar-refractivity contribution in [2.45, 2.75) is 82.3 Å². The Morgan fingerprint density at radius 3 is 2.11 bits per heavy atom. The van der Waals surface area contributed by atoms with Gasteiger partial charge in [-0.25, -0.2) is 4.79 Å². The topological polar surface area (TPSA) is 47.1 Å². The van der Waals surface area contributed by atoms with Gasteiger partial charge in [0.15, 0.2) is 0 Å². The molecule has 1 aliphatic carbocycles. The van der Waals surface area contributed by atoms with Crippen molar-refractivity contribution in [1.29, 1.82) is 0 Å². The van der Waals surface area contributed by atoms with E-state index in [1.54, 1.807) is 4.90 Å². The first-order chi connectivity index (χ1) is 18.6. The summed E-state index contributed by atoms with van der Waals surface area (Å²) < 4.78 is 0. The number of carbonyl (C=O) groups excluding carboxylic acids is 2. The number of amides is 3. The van der Waals surface area contributed by atoms with Crippen molar-refractivity contribution in [2.24, 2.45) is 0 Å². The second-order valence-electron chi connectivity index (χ2n) is 11.8. The third kappa shape index (κ3) is 4.61. The van der Waals surface area contributed by atoms with E-state index in [1.165, 1.54) is 42.7 Å². The minimum absolute atomic E-state index is 0.0375. The monoisotopic (exact) mass is 514 g/mol. The largest absolute Gasteiger partial charge is 0.372 e. The summed E-state index contributed by atoms with van der Waals surface area (Å²) in [5.41, 5.74) is 3.38. The van der Waals surface area contributed by atoms with Crippen molar-refractivity contribution in [3.05, 3.63) is 65.7 Å². The van der Waals surface area contributed by atoms with Crippen molar-refractivity contribution < 1.29 is 9.59 Å². The van der Waals surface area contributed by atoms with Crippen molar-refractivity contribution in [3.8, 4) is 0 Å². The zero-order valence-electron chi connectivity index (χ0n) is 22.9. The molecule has 0 unspecified atom stereocenters. The first-order valence-electron chi connectivity index (χ1n) is 14.9. The summed E-state index contributed by atoms with van der Waals surface area (Å²) in [5, 5.41) is 0. The molecule has 6 nitrogen and oxygen atoms in total. The Hall–Kier alpha value is -2.86. The molecule has 0 atom stereocenters. The van der Waals surface area contributed by atoms with Crippen LogP contribution in [0.3, 0.4) is 0 Å². The molecule has 2 aromatic rings. The second-order valence-corrected chi connectivity index (χ2v) is 11.8. The molecule has 3 aliphatic heterocycles. The maximum atomic E-state index is 14.0. The molecule has 3 saturated heterocycles. The number of likely N-dealkylation sites (N-methyl/N-ethyl adjacent to an activating group) is 1.